The zero-order chi connectivity index (χ0) is 20.6. The highest BCUT2D eigenvalue weighted by atomic mass is 19.1. The maximum absolute atomic E-state index is 14.2. The van der Waals surface area contributed by atoms with Crippen LogP contribution in [-0.4, -0.2) is 69.7 Å². The minimum absolute atomic E-state index is 0.124. The first kappa shape index (κ1) is 19.0. The summed E-state index contributed by atoms with van der Waals surface area (Å²) in [6.07, 6.45) is 6.26. The zero-order valence-corrected chi connectivity index (χ0v) is 16.3. The monoisotopic (exact) mass is 400 g/mol. The highest BCUT2D eigenvalue weighted by Crippen LogP contribution is 2.28. The molecule has 10 nitrogen and oxygen atoms in total. The third kappa shape index (κ3) is 3.68. The lowest BCUT2D eigenvalue weighted by molar-refractivity contribution is 0.102. The molecule has 29 heavy (non-hydrogen) atoms. The van der Waals surface area contributed by atoms with E-state index in [0.29, 0.717) is 23.2 Å². The van der Waals surface area contributed by atoms with E-state index in [4.69, 9.17) is 4.74 Å². The Balaban J connectivity index is 1.46. The fourth-order valence-corrected chi connectivity index (χ4v) is 3.30. The third-order valence-corrected chi connectivity index (χ3v) is 4.60. The molecule has 4 heterocycles. The zero-order valence-electron chi connectivity index (χ0n) is 16.3. The molecule has 0 bridgehead atoms. The highest BCUT2D eigenvalue weighted by molar-refractivity contribution is 6.02. The van der Waals surface area contributed by atoms with Crippen molar-refractivity contribution in [1.82, 2.24) is 29.7 Å². The van der Waals surface area contributed by atoms with Crippen LogP contribution in [0.4, 0.5) is 16.0 Å². The van der Waals surface area contributed by atoms with Crippen LogP contribution in [-0.2, 0) is 0 Å². The summed E-state index contributed by atoms with van der Waals surface area (Å²) in [6.45, 7) is 2.62. The molecule has 0 aliphatic carbocycles. The van der Waals surface area contributed by atoms with Crippen LogP contribution < -0.4 is 20.3 Å². The number of amides is 1. The lowest BCUT2D eigenvalue weighted by Gasteiger charge is -2.44. The van der Waals surface area contributed by atoms with E-state index in [1.807, 2.05) is 6.92 Å². The SMILES string of the molecule is CNCC1(F)CN(c2cnc(C(=O)Nc3cn4cc(C)nc4c(OC)n3)cn2)C1. The van der Waals surface area contributed by atoms with Gasteiger partial charge < -0.3 is 20.3 Å². The molecule has 0 spiro atoms. The second kappa shape index (κ2) is 7.24. The van der Waals surface area contributed by atoms with Crippen LogP contribution in [0.2, 0.25) is 0 Å². The van der Waals surface area contributed by atoms with Gasteiger partial charge in [-0.15, -0.1) is 0 Å². The van der Waals surface area contributed by atoms with Gasteiger partial charge in [-0.25, -0.2) is 19.3 Å². The predicted octanol–water partition coefficient (Wildman–Crippen LogP) is 0.836. The van der Waals surface area contributed by atoms with E-state index in [1.165, 1.54) is 19.5 Å². The number of ether oxygens (including phenoxy) is 1. The summed E-state index contributed by atoms with van der Waals surface area (Å²) >= 11 is 0. The topological polar surface area (TPSA) is 110 Å². The van der Waals surface area contributed by atoms with Crippen molar-refractivity contribution in [1.29, 1.82) is 0 Å². The molecule has 1 fully saturated rings. The first-order valence-corrected chi connectivity index (χ1v) is 9.03. The molecule has 2 N–H and O–H groups in total. The van der Waals surface area contributed by atoms with Gasteiger partial charge in [0.15, 0.2) is 11.5 Å². The average Bonchev–Trinajstić information content (AvgIpc) is 3.05. The molecule has 0 aromatic carbocycles. The van der Waals surface area contributed by atoms with Crippen molar-refractivity contribution in [3.63, 3.8) is 0 Å². The molecule has 0 saturated carbocycles. The molecule has 4 rings (SSSR count). The summed E-state index contributed by atoms with van der Waals surface area (Å²) in [4.78, 5) is 31.2. The van der Waals surface area contributed by atoms with Gasteiger partial charge in [0.05, 0.1) is 44.5 Å². The molecule has 0 unspecified atom stereocenters. The van der Waals surface area contributed by atoms with Gasteiger partial charge in [-0.05, 0) is 14.0 Å². The molecular weight excluding hydrogens is 379 g/mol. The lowest BCUT2D eigenvalue weighted by Crippen LogP contribution is -2.63. The number of carbonyl (C=O) groups is 1. The van der Waals surface area contributed by atoms with Gasteiger partial charge in [0.2, 0.25) is 5.65 Å². The molecule has 0 atom stereocenters. The third-order valence-electron chi connectivity index (χ3n) is 4.60. The first-order chi connectivity index (χ1) is 13.9. The Bertz CT molecular complexity index is 1050. The normalized spacial score (nSPS) is 15.2. The number of imidazole rings is 1. The maximum atomic E-state index is 14.2. The summed E-state index contributed by atoms with van der Waals surface area (Å²) < 4.78 is 21.2. The second-order valence-electron chi connectivity index (χ2n) is 7.00. The average molecular weight is 400 g/mol. The predicted molar refractivity (Wildman–Crippen MR) is 104 cm³/mol. The first-order valence-electron chi connectivity index (χ1n) is 9.03. The summed E-state index contributed by atoms with van der Waals surface area (Å²) in [5.74, 6) is 0.653. The number of nitrogens with zero attached hydrogens (tertiary/aromatic N) is 6. The van der Waals surface area contributed by atoms with Crippen molar-refractivity contribution in [2.45, 2.75) is 12.6 Å². The van der Waals surface area contributed by atoms with E-state index in [2.05, 4.69) is 30.6 Å². The Morgan fingerprint density at radius 2 is 2.07 bits per heavy atom. The van der Waals surface area contributed by atoms with E-state index in [9.17, 15) is 9.18 Å². The van der Waals surface area contributed by atoms with Gasteiger partial charge >= 0.3 is 0 Å². The summed E-state index contributed by atoms with van der Waals surface area (Å²) in [5.41, 5.74) is 0.220. The number of aryl methyl sites for hydroxylation is 1. The van der Waals surface area contributed by atoms with Crippen LogP contribution in [0, 0.1) is 6.92 Å². The van der Waals surface area contributed by atoms with Crippen LogP contribution in [0.15, 0.2) is 24.8 Å². The van der Waals surface area contributed by atoms with Crippen molar-refractivity contribution in [3.8, 4) is 5.88 Å². The summed E-state index contributed by atoms with van der Waals surface area (Å²) in [6, 6.07) is 0. The van der Waals surface area contributed by atoms with Crippen molar-refractivity contribution in [2.75, 3.05) is 44.0 Å². The molecule has 3 aromatic rings. The van der Waals surface area contributed by atoms with Crippen LogP contribution in [0.1, 0.15) is 16.2 Å². The molecule has 1 saturated heterocycles. The summed E-state index contributed by atoms with van der Waals surface area (Å²) in [5, 5.41) is 5.52. The van der Waals surface area contributed by atoms with Crippen LogP contribution in [0.25, 0.3) is 5.65 Å². The molecule has 11 heteroatoms. The smallest absolute Gasteiger partial charge is 0.277 e. The maximum Gasteiger partial charge on any atom is 0.277 e. The number of halogens is 1. The molecule has 3 aromatic heterocycles. The van der Waals surface area contributed by atoms with Crippen LogP contribution in [0.5, 0.6) is 5.88 Å². The van der Waals surface area contributed by atoms with Crippen molar-refractivity contribution >= 4 is 23.2 Å². The van der Waals surface area contributed by atoms with Gasteiger partial charge in [0, 0.05) is 12.7 Å². The number of alkyl halides is 1. The Labute approximate surface area is 166 Å². The summed E-state index contributed by atoms with van der Waals surface area (Å²) in [7, 11) is 3.20. The van der Waals surface area contributed by atoms with E-state index >= 15 is 0 Å². The Hall–Kier alpha value is -3.34. The molecule has 0 radical (unpaired) electrons. The van der Waals surface area contributed by atoms with E-state index in [0.717, 1.165) is 5.69 Å². The number of hydrogen-bond acceptors (Lipinski definition) is 8. The van der Waals surface area contributed by atoms with Gasteiger partial charge in [0.25, 0.3) is 11.8 Å². The molecule has 1 aliphatic heterocycles. The number of nitrogens with one attached hydrogen (secondary N) is 2. The van der Waals surface area contributed by atoms with Gasteiger partial charge in [-0.2, -0.15) is 4.98 Å². The molecule has 1 amide bonds. The van der Waals surface area contributed by atoms with E-state index in [-0.39, 0.29) is 25.3 Å². The Morgan fingerprint density at radius 1 is 1.28 bits per heavy atom. The van der Waals surface area contributed by atoms with Crippen LogP contribution >= 0.6 is 0 Å². The van der Waals surface area contributed by atoms with Gasteiger partial charge in [0.1, 0.15) is 11.5 Å². The van der Waals surface area contributed by atoms with E-state index < -0.39 is 11.6 Å². The number of carbonyl (C=O) groups excluding carboxylic acids is 1. The Morgan fingerprint density at radius 3 is 2.72 bits per heavy atom. The minimum atomic E-state index is -1.26. The number of fused-ring (bicyclic) bond motifs is 1. The van der Waals surface area contributed by atoms with Crippen LogP contribution in [0.3, 0.4) is 0 Å². The molecule has 152 valence electrons. The molecular formula is C18H21FN8O2. The number of anilines is 2. The largest absolute Gasteiger partial charge is 0.478 e. The van der Waals surface area contributed by atoms with Crippen molar-refractivity contribution < 1.29 is 13.9 Å². The van der Waals surface area contributed by atoms with Crippen molar-refractivity contribution in [3.05, 3.63) is 36.2 Å². The number of hydrogen-bond donors (Lipinski definition) is 2. The van der Waals surface area contributed by atoms with Gasteiger partial charge in [-0.3, -0.25) is 9.20 Å². The number of rotatable bonds is 6. The van der Waals surface area contributed by atoms with E-state index in [1.54, 1.807) is 28.7 Å². The fourth-order valence-electron chi connectivity index (χ4n) is 3.30. The Kier molecular flexibility index (Phi) is 4.74. The number of methoxy groups -OCH3 is 1. The minimum Gasteiger partial charge on any atom is -0.478 e. The lowest BCUT2D eigenvalue weighted by atomic mass is 9.96. The van der Waals surface area contributed by atoms with Gasteiger partial charge in [-0.1, -0.05) is 0 Å². The highest BCUT2D eigenvalue weighted by Gasteiger charge is 2.43. The van der Waals surface area contributed by atoms with Crippen molar-refractivity contribution in [2.24, 2.45) is 0 Å². The second-order valence-corrected chi connectivity index (χ2v) is 7.00. The number of aromatic nitrogens is 5. The fraction of sp³-hybridized carbons (Fsp3) is 0.389. The molecule has 1 aliphatic rings. The quantitative estimate of drug-likeness (QED) is 0.626. The standard InChI is InChI=1S/C18H21FN8O2/c1-11-6-26-7-13(25-17(29-3)15(26)23-11)24-16(28)12-4-22-14(5-21-12)27-9-18(19,10-27)8-20-2/h4-7,20H,8-10H2,1-3H3,(H,24,28).